The molecule has 0 radical (unpaired) electrons. The van der Waals surface area contributed by atoms with Gasteiger partial charge in [-0.15, -0.1) is 0 Å². The second-order valence-corrected chi connectivity index (χ2v) is 7.55. The Morgan fingerprint density at radius 1 is 1.21 bits per heavy atom. The molecule has 0 saturated heterocycles. The van der Waals surface area contributed by atoms with Gasteiger partial charge in [-0.25, -0.2) is 0 Å². The van der Waals surface area contributed by atoms with Crippen molar-refractivity contribution in [2.75, 3.05) is 0 Å². The lowest BCUT2D eigenvalue weighted by molar-refractivity contribution is -0.150. The van der Waals surface area contributed by atoms with E-state index in [-0.39, 0.29) is 11.9 Å². The first-order valence-electron chi connectivity index (χ1n) is 8.20. The van der Waals surface area contributed by atoms with E-state index < -0.39 is 0 Å². The summed E-state index contributed by atoms with van der Waals surface area (Å²) in [6.45, 7) is 0.356. The van der Waals surface area contributed by atoms with Crippen LogP contribution in [0.3, 0.4) is 0 Å². The van der Waals surface area contributed by atoms with Gasteiger partial charge in [0.2, 0.25) is 0 Å². The van der Waals surface area contributed by atoms with Crippen LogP contribution in [-0.4, -0.2) is 11.0 Å². The normalized spacial score (nSPS) is 16.8. The Hall–Kier alpha value is -1.82. The highest BCUT2D eigenvalue weighted by molar-refractivity contribution is 14.1. The highest BCUT2D eigenvalue weighted by atomic mass is 127. The number of H-pyrrole nitrogens is 1. The van der Waals surface area contributed by atoms with Crippen LogP contribution in [0.25, 0.3) is 10.9 Å². The lowest BCUT2D eigenvalue weighted by Crippen LogP contribution is -2.24. The second kappa shape index (κ2) is 6.59. The Labute approximate surface area is 154 Å². The van der Waals surface area contributed by atoms with Crippen molar-refractivity contribution in [2.45, 2.75) is 25.9 Å². The second-order valence-electron chi connectivity index (χ2n) is 6.31. The SMILES string of the molecule is O=C(OCc1ccccc1)C1CCc2[nH]c3ccc(I)cc3c2C1. The van der Waals surface area contributed by atoms with Gasteiger partial charge in [-0.1, -0.05) is 30.3 Å². The van der Waals surface area contributed by atoms with Gasteiger partial charge in [0, 0.05) is 20.2 Å². The molecule has 0 aliphatic heterocycles. The number of benzene rings is 2. The van der Waals surface area contributed by atoms with Crippen molar-refractivity contribution >= 4 is 39.5 Å². The van der Waals surface area contributed by atoms with Crippen LogP contribution in [0.15, 0.2) is 48.5 Å². The monoisotopic (exact) mass is 431 g/mol. The molecule has 1 unspecified atom stereocenters. The molecule has 0 fully saturated rings. The molecule has 4 rings (SSSR count). The van der Waals surface area contributed by atoms with Crippen molar-refractivity contribution in [1.82, 2.24) is 4.98 Å². The van der Waals surface area contributed by atoms with Gasteiger partial charge in [-0.05, 0) is 71.2 Å². The van der Waals surface area contributed by atoms with Crippen LogP contribution in [-0.2, 0) is 29.0 Å². The first-order chi connectivity index (χ1) is 11.7. The Bertz CT molecular complexity index is 885. The molecule has 1 atom stereocenters. The van der Waals surface area contributed by atoms with Gasteiger partial charge in [0.05, 0.1) is 5.92 Å². The fraction of sp³-hybridized carbons (Fsp3) is 0.250. The molecule has 1 heterocycles. The van der Waals surface area contributed by atoms with Gasteiger partial charge in [0.15, 0.2) is 0 Å². The van der Waals surface area contributed by atoms with Crippen LogP contribution in [0.5, 0.6) is 0 Å². The number of aromatic nitrogens is 1. The first kappa shape index (κ1) is 15.7. The molecule has 122 valence electrons. The summed E-state index contributed by atoms with van der Waals surface area (Å²) in [5.41, 5.74) is 4.76. The van der Waals surface area contributed by atoms with Crippen LogP contribution in [0, 0.1) is 9.49 Å². The number of carbonyl (C=O) groups is 1. The van der Waals surface area contributed by atoms with Crippen LogP contribution in [0.4, 0.5) is 0 Å². The van der Waals surface area contributed by atoms with Crippen molar-refractivity contribution in [3.63, 3.8) is 0 Å². The summed E-state index contributed by atoms with van der Waals surface area (Å²) in [5.74, 6) is -0.123. The number of fused-ring (bicyclic) bond motifs is 3. The van der Waals surface area contributed by atoms with E-state index in [0.717, 1.165) is 24.8 Å². The third-order valence-corrected chi connectivity index (χ3v) is 5.38. The third-order valence-electron chi connectivity index (χ3n) is 4.71. The third kappa shape index (κ3) is 3.07. The van der Waals surface area contributed by atoms with Crippen molar-refractivity contribution < 1.29 is 9.53 Å². The topological polar surface area (TPSA) is 42.1 Å². The summed E-state index contributed by atoms with van der Waals surface area (Å²) in [6, 6.07) is 16.3. The Kier molecular flexibility index (Phi) is 4.31. The van der Waals surface area contributed by atoms with Crippen molar-refractivity contribution in [2.24, 2.45) is 5.92 Å². The van der Waals surface area contributed by atoms with Gasteiger partial charge in [0.25, 0.3) is 0 Å². The molecule has 0 saturated carbocycles. The number of aromatic amines is 1. The maximum Gasteiger partial charge on any atom is 0.309 e. The molecule has 0 spiro atoms. The van der Waals surface area contributed by atoms with E-state index in [9.17, 15) is 4.79 Å². The van der Waals surface area contributed by atoms with Gasteiger partial charge in [-0.3, -0.25) is 4.79 Å². The van der Waals surface area contributed by atoms with E-state index in [1.807, 2.05) is 30.3 Å². The number of nitrogens with one attached hydrogen (secondary N) is 1. The molecular weight excluding hydrogens is 413 g/mol. The maximum atomic E-state index is 12.5. The number of carbonyl (C=O) groups excluding carboxylic acids is 1. The minimum Gasteiger partial charge on any atom is -0.461 e. The molecule has 1 N–H and O–H groups in total. The summed E-state index contributed by atoms with van der Waals surface area (Å²) in [6.07, 6.45) is 2.53. The standard InChI is InChI=1S/C20H18INO2/c21-15-7-9-19-17(11-15)16-10-14(6-8-18(16)22-19)20(23)24-12-13-4-2-1-3-5-13/h1-5,7,9,11,14,22H,6,8,10,12H2. The van der Waals surface area contributed by atoms with Crippen molar-refractivity contribution in [3.8, 4) is 0 Å². The molecule has 3 nitrogen and oxygen atoms in total. The number of aryl methyl sites for hydroxylation is 1. The fourth-order valence-electron chi connectivity index (χ4n) is 3.44. The average Bonchev–Trinajstić information content (AvgIpc) is 2.97. The quantitative estimate of drug-likeness (QED) is 0.486. The number of hydrogen-bond acceptors (Lipinski definition) is 2. The molecule has 1 aromatic heterocycles. The van der Waals surface area contributed by atoms with Crippen LogP contribution in [0.2, 0.25) is 0 Å². The Morgan fingerprint density at radius 3 is 2.88 bits per heavy atom. The predicted octanol–water partition coefficient (Wildman–Crippen LogP) is 4.62. The molecule has 24 heavy (non-hydrogen) atoms. The first-order valence-corrected chi connectivity index (χ1v) is 9.28. The minimum atomic E-state index is -0.0792. The van der Waals surface area contributed by atoms with E-state index in [1.165, 1.54) is 25.7 Å². The molecule has 1 aliphatic rings. The smallest absolute Gasteiger partial charge is 0.309 e. The lowest BCUT2D eigenvalue weighted by atomic mass is 9.86. The maximum absolute atomic E-state index is 12.5. The van der Waals surface area contributed by atoms with E-state index in [1.54, 1.807) is 0 Å². The molecule has 0 amide bonds. The molecule has 1 aliphatic carbocycles. The fourth-order valence-corrected chi connectivity index (χ4v) is 3.93. The van der Waals surface area contributed by atoms with E-state index in [4.69, 9.17) is 4.74 Å². The van der Waals surface area contributed by atoms with E-state index in [0.29, 0.717) is 6.61 Å². The largest absolute Gasteiger partial charge is 0.461 e. The summed E-state index contributed by atoms with van der Waals surface area (Å²) < 4.78 is 6.76. The summed E-state index contributed by atoms with van der Waals surface area (Å²) in [4.78, 5) is 16.0. The van der Waals surface area contributed by atoms with E-state index >= 15 is 0 Å². The summed E-state index contributed by atoms with van der Waals surface area (Å²) in [7, 11) is 0. The molecule has 4 heteroatoms. The number of ether oxygens (including phenoxy) is 1. The zero-order valence-corrected chi connectivity index (χ0v) is 15.4. The number of esters is 1. The molecule has 0 bridgehead atoms. The highest BCUT2D eigenvalue weighted by Gasteiger charge is 2.28. The number of rotatable bonds is 3. The van der Waals surface area contributed by atoms with Gasteiger partial charge in [-0.2, -0.15) is 0 Å². The van der Waals surface area contributed by atoms with E-state index in [2.05, 4.69) is 45.8 Å². The van der Waals surface area contributed by atoms with Crippen LogP contribution in [0.1, 0.15) is 23.2 Å². The minimum absolute atomic E-state index is 0.0434. The van der Waals surface area contributed by atoms with Crippen molar-refractivity contribution in [1.29, 1.82) is 0 Å². The van der Waals surface area contributed by atoms with Crippen molar-refractivity contribution in [3.05, 3.63) is 68.9 Å². The van der Waals surface area contributed by atoms with Gasteiger partial charge >= 0.3 is 5.97 Å². The number of halogens is 1. The summed E-state index contributed by atoms with van der Waals surface area (Å²) >= 11 is 2.33. The van der Waals surface area contributed by atoms with Gasteiger partial charge in [0.1, 0.15) is 6.61 Å². The molecule has 2 aromatic carbocycles. The van der Waals surface area contributed by atoms with Crippen LogP contribution >= 0.6 is 22.6 Å². The lowest BCUT2D eigenvalue weighted by Gasteiger charge is -2.21. The van der Waals surface area contributed by atoms with Gasteiger partial charge < -0.3 is 9.72 Å². The average molecular weight is 431 g/mol. The number of hydrogen-bond donors (Lipinski definition) is 1. The zero-order chi connectivity index (χ0) is 16.5. The zero-order valence-electron chi connectivity index (χ0n) is 13.2. The summed E-state index contributed by atoms with van der Waals surface area (Å²) in [5, 5.41) is 1.25. The molecule has 3 aromatic rings. The Balaban J connectivity index is 1.50. The van der Waals surface area contributed by atoms with Crippen LogP contribution < -0.4 is 0 Å². The highest BCUT2D eigenvalue weighted by Crippen LogP contribution is 2.33. The molecular formula is C20H18INO2. The Morgan fingerprint density at radius 2 is 2.04 bits per heavy atom. The predicted molar refractivity (Wildman–Crippen MR) is 103 cm³/mol.